The lowest BCUT2D eigenvalue weighted by Crippen LogP contribution is -2.52. The second kappa shape index (κ2) is 6.61. The molecule has 0 spiro atoms. The van der Waals surface area contributed by atoms with Crippen molar-refractivity contribution in [1.29, 1.82) is 0 Å². The highest BCUT2D eigenvalue weighted by Gasteiger charge is 2.40. The van der Waals surface area contributed by atoms with Gasteiger partial charge in [-0.2, -0.15) is 0 Å². The molecule has 1 N–H and O–H groups in total. The molecule has 2 heteroatoms. The summed E-state index contributed by atoms with van der Waals surface area (Å²) in [5.41, 5.74) is 0.0732. The van der Waals surface area contributed by atoms with Crippen molar-refractivity contribution in [3.05, 3.63) is 0 Å². The summed E-state index contributed by atoms with van der Waals surface area (Å²) in [5.74, 6) is 0.708. The smallest absolute Gasteiger partial charge is 0.0810 e. The quantitative estimate of drug-likeness (QED) is 0.720. The molecule has 0 aromatic carbocycles. The van der Waals surface area contributed by atoms with Crippen LogP contribution in [-0.2, 0) is 4.74 Å². The van der Waals surface area contributed by atoms with Gasteiger partial charge < -0.3 is 10.1 Å². The first-order valence-corrected chi connectivity index (χ1v) is 7.01. The first-order chi connectivity index (χ1) is 7.64. The molecule has 1 aliphatic rings. The Morgan fingerprint density at radius 3 is 2.56 bits per heavy atom. The molecule has 1 saturated heterocycles. The zero-order chi connectivity index (χ0) is 12.0. The first-order valence-electron chi connectivity index (χ1n) is 7.01. The highest BCUT2D eigenvalue weighted by molar-refractivity contribution is 4.95. The van der Waals surface area contributed by atoms with Crippen molar-refractivity contribution in [2.75, 3.05) is 13.2 Å². The number of ether oxygens (including phenoxy) is 1. The average Bonchev–Trinajstić information content (AvgIpc) is 2.67. The molecular weight excluding hydrogens is 198 g/mol. The third-order valence-corrected chi connectivity index (χ3v) is 3.83. The number of nitrogens with one attached hydrogen (secondary N) is 1. The predicted octanol–water partition coefficient (Wildman–Crippen LogP) is 3.36. The molecule has 0 radical (unpaired) electrons. The van der Waals surface area contributed by atoms with E-state index >= 15 is 0 Å². The van der Waals surface area contributed by atoms with Crippen LogP contribution in [0.15, 0.2) is 0 Å². The van der Waals surface area contributed by atoms with Crippen molar-refractivity contribution in [3.8, 4) is 0 Å². The molecule has 2 nitrogen and oxygen atoms in total. The Kier molecular flexibility index (Phi) is 5.77. The molecule has 16 heavy (non-hydrogen) atoms. The van der Waals surface area contributed by atoms with Crippen LogP contribution in [0.1, 0.15) is 59.8 Å². The van der Waals surface area contributed by atoms with E-state index in [1.807, 2.05) is 0 Å². The lowest BCUT2D eigenvalue weighted by Gasteiger charge is -2.38. The van der Waals surface area contributed by atoms with E-state index in [4.69, 9.17) is 4.74 Å². The van der Waals surface area contributed by atoms with Gasteiger partial charge in [-0.25, -0.2) is 0 Å². The maximum Gasteiger partial charge on any atom is 0.0810 e. The van der Waals surface area contributed by atoms with E-state index in [9.17, 15) is 0 Å². The van der Waals surface area contributed by atoms with Crippen LogP contribution in [0.25, 0.3) is 0 Å². The monoisotopic (exact) mass is 227 g/mol. The average molecular weight is 227 g/mol. The zero-order valence-corrected chi connectivity index (χ0v) is 11.5. The van der Waals surface area contributed by atoms with E-state index in [0.29, 0.717) is 12.0 Å². The van der Waals surface area contributed by atoms with Crippen molar-refractivity contribution in [2.24, 2.45) is 5.92 Å². The minimum atomic E-state index is 0.0732. The molecule has 0 aromatic heterocycles. The molecule has 0 bridgehead atoms. The van der Waals surface area contributed by atoms with Gasteiger partial charge in [0.2, 0.25) is 0 Å². The predicted molar refractivity (Wildman–Crippen MR) is 69.7 cm³/mol. The molecule has 3 unspecified atom stereocenters. The van der Waals surface area contributed by atoms with Gasteiger partial charge in [0.05, 0.1) is 5.60 Å². The highest BCUT2D eigenvalue weighted by atomic mass is 16.5. The lowest BCUT2D eigenvalue weighted by atomic mass is 9.82. The molecule has 1 fully saturated rings. The Hall–Kier alpha value is -0.0800. The van der Waals surface area contributed by atoms with E-state index in [0.717, 1.165) is 13.2 Å². The molecular formula is C14H29NO. The standard InChI is InChI=1S/C14H29NO/c1-5-8-12(3)13(15-10-6-2)14(4)9-7-11-16-14/h12-13,15H,5-11H2,1-4H3. The molecule has 1 aliphatic heterocycles. The van der Waals surface area contributed by atoms with Gasteiger partial charge in [0, 0.05) is 12.6 Å². The normalized spacial score (nSPS) is 29.2. The fraction of sp³-hybridized carbons (Fsp3) is 1.00. The van der Waals surface area contributed by atoms with Gasteiger partial charge in [-0.15, -0.1) is 0 Å². The van der Waals surface area contributed by atoms with Gasteiger partial charge >= 0.3 is 0 Å². The fourth-order valence-electron chi connectivity index (χ4n) is 2.99. The largest absolute Gasteiger partial charge is 0.374 e. The zero-order valence-electron chi connectivity index (χ0n) is 11.5. The van der Waals surface area contributed by atoms with E-state index < -0.39 is 0 Å². The van der Waals surface area contributed by atoms with Crippen LogP contribution < -0.4 is 5.32 Å². The summed E-state index contributed by atoms with van der Waals surface area (Å²) >= 11 is 0. The molecule has 1 rings (SSSR count). The van der Waals surface area contributed by atoms with Crippen molar-refractivity contribution < 1.29 is 4.74 Å². The second-order valence-electron chi connectivity index (χ2n) is 5.46. The fourth-order valence-corrected chi connectivity index (χ4v) is 2.99. The van der Waals surface area contributed by atoms with E-state index in [1.54, 1.807) is 0 Å². The van der Waals surface area contributed by atoms with E-state index in [2.05, 4.69) is 33.0 Å². The van der Waals surface area contributed by atoms with Crippen LogP contribution in [0.4, 0.5) is 0 Å². The summed E-state index contributed by atoms with van der Waals surface area (Å²) in [4.78, 5) is 0. The molecule has 3 atom stereocenters. The number of hydrogen-bond acceptors (Lipinski definition) is 2. The Morgan fingerprint density at radius 2 is 2.06 bits per heavy atom. The molecule has 0 aliphatic carbocycles. The third kappa shape index (κ3) is 3.46. The van der Waals surface area contributed by atoms with Crippen molar-refractivity contribution in [3.63, 3.8) is 0 Å². The molecule has 1 heterocycles. The van der Waals surface area contributed by atoms with Gasteiger partial charge in [0.25, 0.3) is 0 Å². The Bertz CT molecular complexity index is 187. The SMILES string of the molecule is CCCNC(C(C)CCC)C1(C)CCCO1. The van der Waals surface area contributed by atoms with E-state index in [-0.39, 0.29) is 5.60 Å². The summed E-state index contributed by atoms with van der Waals surface area (Å²) in [6, 6.07) is 0.523. The first kappa shape index (κ1) is 14.0. The maximum absolute atomic E-state index is 6.00. The van der Waals surface area contributed by atoms with Crippen LogP contribution >= 0.6 is 0 Å². The van der Waals surface area contributed by atoms with Crippen molar-refractivity contribution >= 4 is 0 Å². The Morgan fingerprint density at radius 1 is 1.31 bits per heavy atom. The number of rotatable bonds is 7. The third-order valence-electron chi connectivity index (χ3n) is 3.83. The molecule has 0 saturated carbocycles. The summed E-state index contributed by atoms with van der Waals surface area (Å²) in [6.45, 7) is 11.2. The van der Waals surface area contributed by atoms with Crippen molar-refractivity contribution in [2.45, 2.75) is 71.4 Å². The minimum Gasteiger partial charge on any atom is -0.374 e. The Labute approximate surface area is 101 Å². The van der Waals surface area contributed by atoms with Crippen LogP contribution in [0, 0.1) is 5.92 Å². The molecule has 0 amide bonds. The summed E-state index contributed by atoms with van der Waals surface area (Å²) in [7, 11) is 0. The topological polar surface area (TPSA) is 21.3 Å². The van der Waals surface area contributed by atoms with Crippen molar-refractivity contribution in [1.82, 2.24) is 5.32 Å². The maximum atomic E-state index is 6.00. The van der Waals surface area contributed by atoms with Gasteiger partial charge in [-0.05, 0) is 45.1 Å². The van der Waals surface area contributed by atoms with E-state index in [1.165, 1.54) is 32.1 Å². The summed E-state index contributed by atoms with van der Waals surface area (Å²) < 4.78 is 6.00. The van der Waals surface area contributed by atoms with Crippen LogP contribution in [-0.4, -0.2) is 24.8 Å². The van der Waals surface area contributed by atoms with Gasteiger partial charge in [-0.1, -0.05) is 27.2 Å². The lowest BCUT2D eigenvalue weighted by molar-refractivity contribution is -0.0276. The summed E-state index contributed by atoms with van der Waals surface area (Å²) in [5, 5.41) is 3.71. The van der Waals surface area contributed by atoms with Crippen LogP contribution in [0.2, 0.25) is 0 Å². The van der Waals surface area contributed by atoms with Gasteiger partial charge in [0.1, 0.15) is 0 Å². The molecule has 0 aromatic rings. The molecule has 96 valence electrons. The van der Waals surface area contributed by atoms with Crippen LogP contribution in [0.5, 0.6) is 0 Å². The van der Waals surface area contributed by atoms with Gasteiger partial charge in [0.15, 0.2) is 0 Å². The number of hydrogen-bond donors (Lipinski definition) is 1. The summed E-state index contributed by atoms with van der Waals surface area (Å²) in [6.07, 6.45) is 6.19. The van der Waals surface area contributed by atoms with Gasteiger partial charge in [-0.3, -0.25) is 0 Å². The van der Waals surface area contributed by atoms with Crippen LogP contribution in [0.3, 0.4) is 0 Å². The highest BCUT2D eigenvalue weighted by Crippen LogP contribution is 2.33. The second-order valence-corrected chi connectivity index (χ2v) is 5.46. The minimum absolute atomic E-state index is 0.0732. The Balaban J connectivity index is 2.61.